The van der Waals surface area contributed by atoms with Crippen LogP contribution < -0.4 is 18.9 Å². The van der Waals surface area contributed by atoms with Crippen molar-refractivity contribution in [2.24, 2.45) is 0 Å². The molecule has 1 fully saturated rings. The molecule has 0 radical (unpaired) electrons. The molecule has 3 aromatic carbocycles. The van der Waals surface area contributed by atoms with Crippen LogP contribution in [0.15, 0.2) is 71.6 Å². The quantitative estimate of drug-likeness (QED) is 0.257. The van der Waals surface area contributed by atoms with Crippen molar-refractivity contribution in [3.8, 4) is 23.0 Å². The number of methoxy groups -OCH3 is 2. The average molecular weight is 552 g/mol. The van der Waals surface area contributed by atoms with Crippen molar-refractivity contribution in [3.63, 3.8) is 0 Å². The lowest BCUT2D eigenvalue weighted by Gasteiger charge is -2.15. The average Bonchev–Trinajstić information content (AvgIpc) is 3.18. The Hall–Kier alpha value is -4.02. The van der Waals surface area contributed by atoms with Crippen molar-refractivity contribution in [3.05, 3.63) is 88.3 Å². The first-order valence-corrected chi connectivity index (χ1v) is 12.7. The van der Waals surface area contributed by atoms with Gasteiger partial charge in [0.05, 0.1) is 19.1 Å². The summed E-state index contributed by atoms with van der Waals surface area (Å²) in [6.07, 6.45) is 1.66. The maximum atomic E-state index is 12.7. The molecule has 0 spiro atoms. The second kappa shape index (κ2) is 12.5. The van der Waals surface area contributed by atoms with E-state index in [0.717, 1.165) is 39.3 Å². The van der Waals surface area contributed by atoms with Gasteiger partial charge in [-0.05, 0) is 59.2 Å². The fourth-order valence-corrected chi connectivity index (χ4v) is 4.87. The number of rotatable bonds is 11. The van der Waals surface area contributed by atoms with E-state index in [9.17, 15) is 9.59 Å². The van der Waals surface area contributed by atoms with E-state index in [4.69, 9.17) is 36.3 Å². The van der Waals surface area contributed by atoms with Crippen molar-refractivity contribution in [2.45, 2.75) is 13.2 Å². The number of hydrogen-bond acceptors (Lipinski definition) is 8. The third-order valence-electron chi connectivity index (χ3n) is 5.49. The molecule has 0 atom stereocenters. The zero-order valence-electron chi connectivity index (χ0n) is 20.7. The lowest BCUT2D eigenvalue weighted by Crippen LogP contribution is -2.33. The number of benzene rings is 3. The summed E-state index contributed by atoms with van der Waals surface area (Å²) < 4.78 is 23.0. The number of carbonyl (C=O) groups is 2. The first-order chi connectivity index (χ1) is 18.4. The van der Waals surface area contributed by atoms with Crippen molar-refractivity contribution in [2.75, 3.05) is 20.8 Å². The molecule has 1 saturated heterocycles. The number of thiocarbonyl (C=S) groups is 1. The number of thioether (sulfide) groups is 1. The summed E-state index contributed by atoms with van der Waals surface area (Å²) in [5.74, 6) is 0.874. The number of carbonyl (C=O) groups excluding carboxylic acids is 1. The Morgan fingerprint density at radius 1 is 0.921 bits per heavy atom. The third kappa shape index (κ3) is 6.84. The van der Waals surface area contributed by atoms with Gasteiger partial charge >= 0.3 is 5.97 Å². The molecular weight excluding hydrogens is 526 g/mol. The van der Waals surface area contributed by atoms with E-state index in [2.05, 4.69) is 0 Å². The molecule has 1 amide bonds. The molecule has 1 aliphatic heterocycles. The third-order valence-corrected chi connectivity index (χ3v) is 6.87. The van der Waals surface area contributed by atoms with Gasteiger partial charge in [0.2, 0.25) is 0 Å². The van der Waals surface area contributed by atoms with Crippen LogP contribution in [0, 0.1) is 0 Å². The van der Waals surface area contributed by atoms with Crippen LogP contribution in [-0.2, 0) is 22.8 Å². The minimum Gasteiger partial charge on any atom is -0.497 e. The number of hydrogen-bond donors (Lipinski definition) is 1. The van der Waals surface area contributed by atoms with E-state index in [1.165, 1.54) is 0 Å². The summed E-state index contributed by atoms with van der Waals surface area (Å²) in [6.45, 7) is 0.0742. The molecule has 196 valence electrons. The summed E-state index contributed by atoms with van der Waals surface area (Å²) in [5, 5.41) is 9.07. The number of carboxylic acids is 1. The zero-order valence-corrected chi connectivity index (χ0v) is 22.3. The summed E-state index contributed by atoms with van der Waals surface area (Å²) >= 11 is 6.25. The first kappa shape index (κ1) is 27.0. The van der Waals surface area contributed by atoms with Crippen LogP contribution in [0.4, 0.5) is 0 Å². The van der Waals surface area contributed by atoms with Crippen LogP contribution in [0.25, 0.3) is 6.08 Å². The highest BCUT2D eigenvalue weighted by Gasteiger charge is 2.33. The van der Waals surface area contributed by atoms with Crippen LogP contribution in [-0.4, -0.2) is 47.0 Å². The van der Waals surface area contributed by atoms with E-state index < -0.39 is 18.4 Å². The smallest absolute Gasteiger partial charge is 0.323 e. The number of aliphatic carboxylic acids is 1. The predicted molar refractivity (Wildman–Crippen MR) is 149 cm³/mol. The molecule has 10 heteroatoms. The van der Waals surface area contributed by atoms with E-state index in [0.29, 0.717) is 28.6 Å². The van der Waals surface area contributed by atoms with Gasteiger partial charge in [0, 0.05) is 0 Å². The molecule has 1 aliphatic rings. The normalized spacial score (nSPS) is 14.1. The molecule has 0 aliphatic carbocycles. The van der Waals surface area contributed by atoms with E-state index >= 15 is 0 Å². The van der Waals surface area contributed by atoms with Crippen LogP contribution in [0.1, 0.15) is 16.7 Å². The minimum atomic E-state index is -1.13. The summed E-state index contributed by atoms with van der Waals surface area (Å²) in [5.41, 5.74) is 2.51. The Morgan fingerprint density at radius 3 is 2.11 bits per heavy atom. The number of nitrogens with zero attached hydrogens (tertiary/aromatic N) is 1. The van der Waals surface area contributed by atoms with Gasteiger partial charge in [0.1, 0.15) is 35.6 Å². The molecule has 1 heterocycles. The number of carboxylic acid groups (broad SMARTS) is 1. The van der Waals surface area contributed by atoms with Crippen LogP contribution in [0.5, 0.6) is 23.0 Å². The molecule has 4 rings (SSSR count). The lowest BCUT2D eigenvalue weighted by atomic mass is 10.1. The maximum absolute atomic E-state index is 12.7. The predicted octanol–water partition coefficient (Wildman–Crippen LogP) is 5.15. The molecule has 0 saturated carbocycles. The SMILES string of the molecule is COc1cccc(COc2ccc(C=C3SC(=S)N(CC(=O)O)C3=O)cc2OCc2cccc(OC)c2)c1. The standard InChI is InChI=1S/C28H25NO7S2/c1-33-21-7-3-5-19(11-21)16-35-23-10-9-18(14-25-27(32)29(15-26(30)31)28(37)38-25)13-24(23)36-17-20-6-4-8-22(12-20)34-2/h3-14H,15-17H2,1-2H3,(H,30,31). The Morgan fingerprint density at radius 2 is 1.53 bits per heavy atom. The van der Waals surface area contributed by atoms with Gasteiger partial charge in [-0.25, -0.2) is 0 Å². The molecule has 3 aromatic rings. The minimum absolute atomic E-state index is 0.205. The molecular formula is C28H25NO7S2. The van der Waals surface area contributed by atoms with Gasteiger partial charge in [0.15, 0.2) is 11.5 Å². The van der Waals surface area contributed by atoms with Crippen LogP contribution in [0.3, 0.4) is 0 Å². The molecule has 38 heavy (non-hydrogen) atoms. The summed E-state index contributed by atoms with van der Waals surface area (Å²) in [7, 11) is 3.21. The van der Waals surface area contributed by atoms with Gasteiger partial charge in [0.25, 0.3) is 5.91 Å². The Balaban J connectivity index is 1.58. The van der Waals surface area contributed by atoms with Gasteiger partial charge < -0.3 is 24.1 Å². The largest absolute Gasteiger partial charge is 0.497 e. The van der Waals surface area contributed by atoms with Crippen LogP contribution in [0.2, 0.25) is 0 Å². The monoisotopic (exact) mass is 551 g/mol. The maximum Gasteiger partial charge on any atom is 0.323 e. The number of ether oxygens (including phenoxy) is 4. The fraction of sp³-hybridized carbons (Fsp3) is 0.179. The second-order valence-corrected chi connectivity index (χ2v) is 9.82. The number of amides is 1. The van der Waals surface area contributed by atoms with Gasteiger partial charge in [-0.2, -0.15) is 0 Å². The molecule has 8 nitrogen and oxygen atoms in total. The zero-order chi connectivity index (χ0) is 27.1. The van der Waals surface area contributed by atoms with Gasteiger partial charge in [-0.3, -0.25) is 14.5 Å². The topological polar surface area (TPSA) is 94.5 Å². The molecule has 0 unspecified atom stereocenters. The molecule has 1 N–H and O–H groups in total. The summed E-state index contributed by atoms with van der Waals surface area (Å²) in [4.78, 5) is 25.2. The highest BCUT2D eigenvalue weighted by Crippen LogP contribution is 2.35. The Bertz CT molecular complexity index is 1390. The Labute approximate surface area is 229 Å². The first-order valence-electron chi connectivity index (χ1n) is 11.5. The lowest BCUT2D eigenvalue weighted by molar-refractivity contribution is -0.140. The second-order valence-electron chi connectivity index (χ2n) is 8.15. The van der Waals surface area contributed by atoms with E-state index in [-0.39, 0.29) is 10.9 Å². The van der Waals surface area contributed by atoms with Crippen LogP contribution >= 0.6 is 24.0 Å². The highest BCUT2D eigenvalue weighted by atomic mass is 32.2. The Kier molecular flexibility index (Phi) is 8.88. The van der Waals surface area contributed by atoms with Crippen molar-refractivity contribution < 1.29 is 33.6 Å². The van der Waals surface area contributed by atoms with Gasteiger partial charge in [-0.15, -0.1) is 0 Å². The van der Waals surface area contributed by atoms with E-state index in [1.807, 2.05) is 48.5 Å². The summed E-state index contributed by atoms with van der Waals surface area (Å²) in [6, 6.07) is 20.5. The van der Waals surface area contributed by atoms with Crippen molar-refractivity contribution >= 4 is 46.3 Å². The van der Waals surface area contributed by atoms with E-state index in [1.54, 1.807) is 38.5 Å². The highest BCUT2D eigenvalue weighted by molar-refractivity contribution is 8.26. The van der Waals surface area contributed by atoms with Crippen molar-refractivity contribution in [1.29, 1.82) is 0 Å². The van der Waals surface area contributed by atoms with Crippen molar-refractivity contribution in [1.82, 2.24) is 4.90 Å². The molecule has 0 aromatic heterocycles. The van der Waals surface area contributed by atoms with Gasteiger partial charge in [-0.1, -0.05) is 54.3 Å². The fourth-order valence-electron chi connectivity index (χ4n) is 3.62. The molecule has 0 bridgehead atoms.